The van der Waals surface area contributed by atoms with Crippen LogP contribution in [0.25, 0.3) is 10.9 Å². The number of rotatable bonds is 7. The molecule has 2 aromatic carbocycles. The minimum absolute atomic E-state index is 0.0589. The summed E-state index contributed by atoms with van der Waals surface area (Å²) in [7, 11) is 1.32. The van der Waals surface area contributed by atoms with Crippen LogP contribution in [0.4, 0.5) is 0 Å². The second kappa shape index (κ2) is 10.6. The number of nitrogens with zero attached hydrogens (tertiary/aromatic N) is 3. The lowest BCUT2D eigenvalue weighted by molar-refractivity contribution is -0.147. The molecule has 7 nitrogen and oxygen atoms in total. The molecule has 168 valence electrons. The fraction of sp³-hybridized carbons (Fsp3) is 0.304. The summed E-state index contributed by atoms with van der Waals surface area (Å²) in [4.78, 5) is 29.5. The van der Waals surface area contributed by atoms with E-state index in [0.717, 1.165) is 20.0 Å². The van der Waals surface area contributed by atoms with E-state index in [2.05, 4.69) is 43.6 Å². The Morgan fingerprint density at radius 3 is 2.69 bits per heavy atom. The first-order valence-corrected chi connectivity index (χ1v) is 11.9. The van der Waals surface area contributed by atoms with Gasteiger partial charge in [0, 0.05) is 10.4 Å². The third kappa shape index (κ3) is 5.37. The molecule has 1 aromatic heterocycles. The molecule has 0 saturated heterocycles. The zero-order valence-electron chi connectivity index (χ0n) is 18.1. The van der Waals surface area contributed by atoms with Gasteiger partial charge in [0.1, 0.15) is 11.6 Å². The van der Waals surface area contributed by atoms with Crippen molar-refractivity contribution in [2.45, 2.75) is 39.2 Å². The van der Waals surface area contributed by atoms with E-state index < -0.39 is 12.1 Å². The van der Waals surface area contributed by atoms with Gasteiger partial charge in [-0.15, -0.1) is 0 Å². The molecular formula is C23H23BrIN3O4. The van der Waals surface area contributed by atoms with E-state index in [9.17, 15) is 9.59 Å². The topological polar surface area (TPSA) is 82.8 Å². The molecule has 0 unspecified atom stereocenters. The average molecular weight is 612 g/mol. The Bertz CT molecular complexity index is 1240. The third-order valence-electron chi connectivity index (χ3n) is 5.00. The van der Waals surface area contributed by atoms with Crippen molar-refractivity contribution < 1.29 is 14.3 Å². The highest BCUT2D eigenvalue weighted by Gasteiger charge is 2.17. The highest BCUT2D eigenvalue weighted by Crippen LogP contribution is 2.24. The second-order valence-corrected chi connectivity index (χ2v) is 9.35. The number of halogens is 2. The third-order valence-corrected chi connectivity index (χ3v) is 6.34. The highest BCUT2D eigenvalue weighted by molar-refractivity contribution is 14.1. The summed E-state index contributed by atoms with van der Waals surface area (Å²) in [6.45, 7) is 5.70. The summed E-state index contributed by atoms with van der Waals surface area (Å²) in [6.07, 6.45) is 1.73. The minimum atomic E-state index is -0.715. The predicted octanol–water partition coefficient (Wildman–Crippen LogP) is 5.10. The van der Waals surface area contributed by atoms with E-state index in [-0.39, 0.29) is 11.5 Å². The zero-order valence-corrected chi connectivity index (χ0v) is 21.9. The summed E-state index contributed by atoms with van der Waals surface area (Å²) in [6, 6.07) is 10.9. The lowest BCUT2D eigenvalue weighted by Gasteiger charge is -2.14. The number of ether oxygens (including phenoxy) is 2. The number of benzene rings is 2. The van der Waals surface area contributed by atoms with E-state index >= 15 is 0 Å². The average Bonchev–Trinajstić information content (AvgIpc) is 2.79. The number of carbonyl (C=O) groups is 1. The van der Waals surface area contributed by atoms with E-state index in [1.165, 1.54) is 11.8 Å². The molecular weight excluding hydrogens is 589 g/mol. The number of hydrogen-bond donors (Lipinski definition) is 0. The lowest BCUT2D eigenvalue weighted by atomic mass is 10.1. The van der Waals surface area contributed by atoms with Gasteiger partial charge in [0.15, 0.2) is 6.10 Å². The molecule has 2 atom stereocenters. The van der Waals surface area contributed by atoms with E-state index in [4.69, 9.17) is 14.5 Å². The molecule has 0 aliphatic heterocycles. The number of aromatic nitrogens is 2. The van der Waals surface area contributed by atoms with Crippen molar-refractivity contribution in [1.82, 2.24) is 9.66 Å². The Morgan fingerprint density at radius 2 is 2.03 bits per heavy atom. The molecule has 3 rings (SSSR count). The molecule has 0 bridgehead atoms. The maximum Gasteiger partial charge on any atom is 0.346 e. The van der Waals surface area contributed by atoms with Crippen LogP contribution in [-0.4, -0.2) is 35.1 Å². The Labute approximate surface area is 208 Å². The van der Waals surface area contributed by atoms with Gasteiger partial charge in [-0.3, -0.25) is 4.79 Å². The normalized spacial score (nSPS) is 13.3. The Hall–Kier alpha value is -2.27. The quantitative estimate of drug-likeness (QED) is 0.211. The van der Waals surface area contributed by atoms with Crippen LogP contribution in [0.1, 0.15) is 44.5 Å². The van der Waals surface area contributed by atoms with Gasteiger partial charge in [0.25, 0.3) is 5.56 Å². The predicted molar refractivity (Wildman–Crippen MR) is 137 cm³/mol. The molecule has 0 spiro atoms. The van der Waals surface area contributed by atoms with Crippen molar-refractivity contribution in [3.05, 3.63) is 66.2 Å². The van der Waals surface area contributed by atoms with Crippen molar-refractivity contribution in [1.29, 1.82) is 0 Å². The van der Waals surface area contributed by atoms with Crippen molar-refractivity contribution in [3.8, 4) is 5.75 Å². The second-order valence-electron chi connectivity index (χ2n) is 7.28. The molecule has 32 heavy (non-hydrogen) atoms. The van der Waals surface area contributed by atoms with E-state index in [1.54, 1.807) is 25.3 Å². The molecule has 9 heteroatoms. The minimum Gasteiger partial charge on any atom is -0.478 e. The summed E-state index contributed by atoms with van der Waals surface area (Å²) < 4.78 is 13.3. The number of methoxy groups -OCH3 is 1. The van der Waals surface area contributed by atoms with Gasteiger partial charge in [-0.2, -0.15) is 9.78 Å². The van der Waals surface area contributed by atoms with Gasteiger partial charge in [-0.05, 0) is 77.9 Å². The van der Waals surface area contributed by atoms with Gasteiger partial charge in [-0.25, -0.2) is 9.78 Å². The molecule has 0 aliphatic carbocycles. The van der Waals surface area contributed by atoms with Crippen molar-refractivity contribution in [3.63, 3.8) is 0 Å². The van der Waals surface area contributed by atoms with E-state index in [1.807, 2.05) is 38.1 Å². The van der Waals surface area contributed by atoms with Gasteiger partial charge in [-0.1, -0.05) is 29.8 Å². The molecule has 0 aliphatic rings. The first kappa shape index (κ1) is 24.4. The van der Waals surface area contributed by atoms with Gasteiger partial charge in [0.05, 0.1) is 27.8 Å². The van der Waals surface area contributed by atoms with E-state index in [0.29, 0.717) is 22.5 Å². The Balaban J connectivity index is 1.99. The maximum absolute atomic E-state index is 13.2. The SMILES string of the molecule is CC[C@H](C)c1nc2ccc(Br)cc2c(=O)n1N=Cc1ccc(O[C@@H](C)C(=O)OC)c(I)c1. The molecule has 1 heterocycles. The van der Waals surface area contributed by atoms with Crippen LogP contribution < -0.4 is 10.3 Å². The number of esters is 1. The lowest BCUT2D eigenvalue weighted by Crippen LogP contribution is -2.25. The zero-order chi connectivity index (χ0) is 23.4. The largest absolute Gasteiger partial charge is 0.478 e. The van der Waals surface area contributed by atoms with Gasteiger partial charge < -0.3 is 9.47 Å². The van der Waals surface area contributed by atoms with Crippen LogP contribution in [-0.2, 0) is 9.53 Å². The summed E-state index contributed by atoms with van der Waals surface area (Å²) in [5.74, 6) is 0.794. The van der Waals surface area contributed by atoms with Crippen LogP contribution in [0, 0.1) is 3.57 Å². The first-order valence-electron chi connectivity index (χ1n) is 10.1. The standard InChI is InChI=1S/C23H23BrIN3O4/c1-5-13(2)21-27-19-8-7-16(24)11-17(19)22(29)28(21)26-12-15-6-9-20(18(25)10-15)32-14(3)23(30)31-4/h6-14H,5H2,1-4H3/t13-,14-/m0/s1. The fourth-order valence-corrected chi connectivity index (χ4v) is 4.03. The monoisotopic (exact) mass is 611 g/mol. The van der Waals surface area contributed by atoms with Crippen LogP contribution >= 0.6 is 38.5 Å². The van der Waals surface area contributed by atoms with Crippen LogP contribution in [0.5, 0.6) is 5.75 Å². The summed E-state index contributed by atoms with van der Waals surface area (Å²) >= 11 is 5.55. The van der Waals surface area contributed by atoms with Gasteiger partial charge in [0.2, 0.25) is 0 Å². The molecule has 0 radical (unpaired) electrons. The number of carbonyl (C=O) groups excluding carboxylic acids is 1. The van der Waals surface area contributed by atoms with Crippen LogP contribution in [0.15, 0.2) is 50.8 Å². The summed E-state index contributed by atoms with van der Waals surface area (Å²) in [5.41, 5.74) is 1.21. The number of fused-ring (bicyclic) bond motifs is 1. The molecule has 0 saturated carbocycles. The smallest absolute Gasteiger partial charge is 0.346 e. The maximum atomic E-state index is 13.2. The fourth-order valence-electron chi connectivity index (χ4n) is 3.00. The van der Waals surface area contributed by atoms with Crippen molar-refractivity contribution in [2.75, 3.05) is 7.11 Å². The van der Waals surface area contributed by atoms with Crippen molar-refractivity contribution in [2.24, 2.45) is 5.10 Å². The van der Waals surface area contributed by atoms with Crippen molar-refractivity contribution >= 4 is 61.6 Å². The molecule has 3 aromatic rings. The Morgan fingerprint density at radius 1 is 1.28 bits per heavy atom. The molecule has 0 N–H and O–H groups in total. The first-order chi connectivity index (χ1) is 15.2. The van der Waals surface area contributed by atoms with Crippen LogP contribution in [0.3, 0.4) is 0 Å². The van der Waals surface area contributed by atoms with Crippen LogP contribution in [0.2, 0.25) is 0 Å². The highest BCUT2D eigenvalue weighted by atomic mass is 127. The van der Waals surface area contributed by atoms with Gasteiger partial charge >= 0.3 is 5.97 Å². The summed E-state index contributed by atoms with van der Waals surface area (Å²) in [5, 5.41) is 4.98. The number of hydrogen-bond acceptors (Lipinski definition) is 6. The molecule has 0 fully saturated rings. The Kier molecular flexibility index (Phi) is 8.05. The molecule has 0 amide bonds.